The molecule has 102 valence electrons. The summed E-state index contributed by atoms with van der Waals surface area (Å²) in [6, 6.07) is 3.49. The molecule has 20 heavy (non-hydrogen) atoms. The second-order valence-electron chi connectivity index (χ2n) is 4.10. The van der Waals surface area contributed by atoms with E-state index in [0.717, 1.165) is 15.1 Å². The summed E-state index contributed by atoms with van der Waals surface area (Å²) in [5.74, 6) is 5.61. The smallest absolute Gasteiger partial charge is 0.269 e. The molecule has 3 rings (SSSR count). The number of aromatic nitrogens is 4. The summed E-state index contributed by atoms with van der Waals surface area (Å²) in [6.07, 6.45) is 1.62. The van der Waals surface area contributed by atoms with Crippen LogP contribution in [0.15, 0.2) is 18.3 Å². The van der Waals surface area contributed by atoms with Gasteiger partial charge in [0.05, 0.1) is 5.39 Å². The number of nitrogen functional groups attached to an aromatic ring is 1. The molecule has 0 radical (unpaired) electrons. The number of carbonyl (C=O) groups excluding carboxylic acids is 1. The first-order chi connectivity index (χ1) is 9.58. The van der Waals surface area contributed by atoms with E-state index >= 15 is 0 Å². The topological polar surface area (TPSA) is 125 Å². The van der Waals surface area contributed by atoms with Crippen molar-refractivity contribution in [3.05, 3.63) is 28.9 Å². The van der Waals surface area contributed by atoms with Crippen LogP contribution in [0, 0.1) is 6.92 Å². The van der Waals surface area contributed by atoms with Gasteiger partial charge in [0.15, 0.2) is 5.82 Å². The molecule has 8 nitrogen and oxygen atoms in total. The molecule has 0 atom stereocenters. The zero-order valence-corrected chi connectivity index (χ0v) is 11.3. The van der Waals surface area contributed by atoms with E-state index in [1.165, 1.54) is 22.1 Å². The number of rotatable bonds is 3. The summed E-state index contributed by atoms with van der Waals surface area (Å²) < 4.78 is 1.48. The molecule has 0 bridgehead atoms. The van der Waals surface area contributed by atoms with E-state index in [1.807, 2.05) is 13.0 Å². The first-order valence-corrected chi connectivity index (χ1v) is 6.51. The predicted octanol–water partition coefficient (Wildman–Crippen LogP) is 0.570. The number of nitrogens with zero attached hydrogens (tertiary/aromatic N) is 4. The summed E-state index contributed by atoms with van der Waals surface area (Å²) in [7, 11) is 0. The van der Waals surface area contributed by atoms with Crippen molar-refractivity contribution in [1.29, 1.82) is 0 Å². The fraction of sp³-hybridized carbons (Fsp3) is 0.0909. The number of aryl methyl sites for hydroxylation is 1. The summed E-state index contributed by atoms with van der Waals surface area (Å²) in [6.45, 7) is 1.98. The van der Waals surface area contributed by atoms with Crippen LogP contribution in [0.3, 0.4) is 0 Å². The normalized spacial score (nSPS) is 10.9. The van der Waals surface area contributed by atoms with Crippen molar-refractivity contribution in [2.45, 2.75) is 6.92 Å². The van der Waals surface area contributed by atoms with Crippen molar-refractivity contribution in [3.63, 3.8) is 0 Å². The van der Waals surface area contributed by atoms with Gasteiger partial charge in [0.2, 0.25) is 5.95 Å². The Morgan fingerprint density at radius 2 is 2.25 bits per heavy atom. The Balaban J connectivity index is 2.24. The Kier molecular flexibility index (Phi) is 2.84. The van der Waals surface area contributed by atoms with Crippen molar-refractivity contribution >= 4 is 33.4 Å². The van der Waals surface area contributed by atoms with Crippen LogP contribution in [-0.2, 0) is 0 Å². The molecule has 0 saturated heterocycles. The van der Waals surface area contributed by atoms with E-state index in [1.54, 1.807) is 6.20 Å². The maximum atomic E-state index is 11.1. The largest absolute Gasteiger partial charge is 0.364 e. The molecule has 0 aliphatic heterocycles. The molecule has 3 aromatic rings. The van der Waals surface area contributed by atoms with Crippen molar-refractivity contribution in [2.24, 2.45) is 11.6 Å². The van der Waals surface area contributed by atoms with Crippen molar-refractivity contribution < 1.29 is 4.79 Å². The molecule has 9 heteroatoms. The molecular weight excluding hydrogens is 278 g/mol. The van der Waals surface area contributed by atoms with Gasteiger partial charge in [-0.25, -0.2) is 15.5 Å². The van der Waals surface area contributed by atoms with Crippen molar-refractivity contribution in [3.8, 4) is 5.82 Å². The van der Waals surface area contributed by atoms with Gasteiger partial charge in [-0.1, -0.05) is 0 Å². The molecule has 0 spiro atoms. The van der Waals surface area contributed by atoms with Crippen LogP contribution in [0.5, 0.6) is 0 Å². The lowest BCUT2D eigenvalue weighted by atomic mass is 10.3. The van der Waals surface area contributed by atoms with Gasteiger partial charge >= 0.3 is 0 Å². The van der Waals surface area contributed by atoms with Crippen molar-refractivity contribution in [2.75, 3.05) is 5.43 Å². The molecule has 1 amide bonds. The number of carbonyl (C=O) groups is 1. The second-order valence-corrected chi connectivity index (χ2v) is 5.34. The van der Waals surface area contributed by atoms with E-state index < -0.39 is 5.91 Å². The SMILES string of the molecule is Cc1cc2c(-n3ccc(C(N)=O)n3)nc(NN)nc2s1. The fourth-order valence-corrected chi connectivity index (χ4v) is 2.71. The molecular formula is C11H11N7OS. The molecule has 5 N–H and O–H groups in total. The highest BCUT2D eigenvalue weighted by molar-refractivity contribution is 7.18. The number of fused-ring (bicyclic) bond motifs is 1. The minimum absolute atomic E-state index is 0.172. The molecule has 3 heterocycles. The zero-order valence-electron chi connectivity index (χ0n) is 10.5. The minimum Gasteiger partial charge on any atom is -0.364 e. The van der Waals surface area contributed by atoms with E-state index in [0.29, 0.717) is 5.82 Å². The molecule has 0 unspecified atom stereocenters. The lowest BCUT2D eigenvalue weighted by Crippen LogP contribution is -2.14. The third-order valence-electron chi connectivity index (χ3n) is 2.68. The minimum atomic E-state index is -0.590. The van der Waals surface area contributed by atoms with E-state index in [4.69, 9.17) is 11.6 Å². The maximum absolute atomic E-state index is 11.1. The van der Waals surface area contributed by atoms with Crippen LogP contribution < -0.4 is 17.0 Å². The molecule has 0 aromatic carbocycles. The fourth-order valence-electron chi connectivity index (χ4n) is 1.84. The number of nitrogens with one attached hydrogen (secondary N) is 1. The number of thiophene rings is 1. The molecule has 3 aromatic heterocycles. The Morgan fingerprint density at radius 3 is 2.90 bits per heavy atom. The Bertz CT molecular complexity index is 806. The molecule has 0 aliphatic carbocycles. The predicted molar refractivity (Wildman–Crippen MR) is 75.6 cm³/mol. The van der Waals surface area contributed by atoms with Gasteiger partial charge in [-0.05, 0) is 19.1 Å². The van der Waals surface area contributed by atoms with Crippen LogP contribution in [0.2, 0.25) is 0 Å². The number of hydrogen-bond acceptors (Lipinski definition) is 7. The first-order valence-electron chi connectivity index (χ1n) is 5.69. The quantitative estimate of drug-likeness (QED) is 0.478. The van der Waals surface area contributed by atoms with Crippen LogP contribution in [0.25, 0.3) is 16.0 Å². The van der Waals surface area contributed by atoms with Gasteiger partial charge in [0.1, 0.15) is 10.5 Å². The van der Waals surface area contributed by atoms with E-state index in [-0.39, 0.29) is 11.6 Å². The van der Waals surface area contributed by atoms with Gasteiger partial charge in [-0.15, -0.1) is 11.3 Å². The van der Waals surface area contributed by atoms with Crippen molar-refractivity contribution in [1.82, 2.24) is 19.7 Å². The van der Waals surface area contributed by atoms with Crippen LogP contribution in [0.1, 0.15) is 15.4 Å². The number of anilines is 1. The summed E-state index contributed by atoms with van der Waals surface area (Å²) in [5, 5.41) is 4.94. The second kappa shape index (κ2) is 4.54. The standard InChI is InChI=1S/C11H11N7OS/c1-5-4-6-9(14-11(16-13)15-10(6)20-5)18-3-2-7(17-18)8(12)19/h2-4H,13H2,1H3,(H2,12,19)(H,14,15,16). The summed E-state index contributed by atoms with van der Waals surface area (Å²) >= 11 is 1.52. The molecule has 0 fully saturated rings. The van der Waals surface area contributed by atoms with Gasteiger partial charge in [0.25, 0.3) is 5.91 Å². The van der Waals surface area contributed by atoms with Gasteiger partial charge < -0.3 is 5.73 Å². The van der Waals surface area contributed by atoms with E-state index in [2.05, 4.69) is 20.5 Å². The lowest BCUT2D eigenvalue weighted by molar-refractivity contribution is 0.0995. The maximum Gasteiger partial charge on any atom is 0.269 e. The van der Waals surface area contributed by atoms with Crippen LogP contribution in [0.4, 0.5) is 5.95 Å². The number of primary amides is 1. The highest BCUT2D eigenvalue weighted by Crippen LogP contribution is 2.28. The highest BCUT2D eigenvalue weighted by Gasteiger charge is 2.14. The molecule has 0 aliphatic rings. The van der Waals surface area contributed by atoms with Crippen LogP contribution >= 0.6 is 11.3 Å². The summed E-state index contributed by atoms with van der Waals surface area (Å²) in [4.78, 5) is 21.6. The average molecular weight is 289 g/mol. The van der Waals surface area contributed by atoms with E-state index in [9.17, 15) is 4.79 Å². The number of nitrogens with two attached hydrogens (primary N) is 2. The average Bonchev–Trinajstić information content (AvgIpc) is 3.02. The Labute approximate surface area is 117 Å². The van der Waals surface area contributed by atoms with Crippen LogP contribution in [-0.4, -0.2) is 25.7 Å². The Hall–Kier alpha value is -2.52. The third kappa shape index (κ3) is 1.98. The van der Waals surface area contributed by atoms with Gasteiger partial charge in [-0.3, -0.25) is 10.2 Å². The number of hydrazine groups is 1. The molecule has 0 saturated carbocycles. The zero-order chi connectivity index (χ0) is 14.3. The van der Waals surface area contributed by atoms with Gasteiger partial charge in [0, 0.05) is 11.1 Å². The van der Waals surface area contributed by atoms with Gasteiger partial charge in [-0.2, -0.15) is 10.1 Å². The first kappa shape index (κ1) is 12.5. The number of hydrogen-bond donors (Lipinski definition) is 3. The summed E-state index contributed by atoms with van der Waals surface area (Å²) in [5.41, 5.74) is 7.79. The Morgan fingerprint density at radius 1 is 1.45 bits per heavy atom. The monoisotopic (exact) mass is 289 g/mol. The third-order valence-corrected chi connectivity index (χ3v) is 3.63. The highest BCUT2D eigenvalue weighted by atomic mass is 32.1. The number of amides is 1. The lowest BCUT2D eigenvalue weighted by Gasteiger charge is -2.04.